The highest BCUT2D eigenvalue weighted by molar-refractivity contribution is 7.15. The second-order valence-electron chi connectivity index (χ2n) is 7.85. The van der Waals surface area contributed by atoms with Gasteiger partial charge in [0.15, 0.2) is 16.5 Å². The van der Waals surface area contributed by atoms with Crippen LogP contribution < -0.4 is 14.8 Å². The zero-order valence-electron chi connectivity index (χ0n) is 19.5. The number of phenolic OH excluding ortho intramolecular Hbond substituents is 1. The number of ether oxygens (including phenoxy) is 2. The summed E-state index contributed by atoms with van der Waals surface area (Å²) in [5, 5.41) is 10.0. The molecular weight excluding hydrogens is 509 g/mol. The lowest BCUT2D eigenvalue weighted by Gasteiger charge is -2.17. The lowest BCUT2D eigenvalue weighted by atomic mass is 10.1. The molecule has 0 saturated carbocycles. The Morgan fingerprint density at radius 3 is 2.69 bits per heavy atom. The molecule has 2 aromatic carbocycles. The molecule has 0 saturated heterocycles. The van der Waals surface area contributed by atoms with Gasteiger partial charge in [0.1, 0.15) is 6.67 Å². The number of imidazole rings is 1. The molecule has 11 heteroatoms. The molecule has 0 aliphatic carbocycles. The minimum absolute atomic E-state index is 0.0172. The third-order valence-electron chi connectivity index (χ3n) is 5.44. The fourth-order valence-corrected chi connectivity index (χ4v) is 4.69. The molecule has 0 fully saturated rings. The number of nitrogens with zero attached hydrogens (tertiary/aromatic N) is 3. The van der Waals surface area contributed by atoms with Crippen LogP contribution in [0.5, 0.6) is 11.5 Å². The second kappa shape index (κ2) is 11.1. The molecule has 0 unspecified atom stereocenters. The molecule has 4 rings (SSSR count). The summed E-state index contributed by atoms with van der Waals surface area (Å²) < 4.78 is 24.2. The molecule has 1 amide bonds. The van der Waals surface area contributed by atoms with Crippen LogP contribution in [0.15, 0.2) is 47.4 Å². The summed E-state index contributed by atoms with van der Waals surface area (Å²) in [6.07, 6.45) is 3.32. The van der Waals surface area contributed by atoms with E-state index in [-0.39, 0.29) is 41.2 Å². The highest BCUT2D eigenvalue weighted by atomic mass is 35.5. The van der Waals surface area contributed by atoms with Crippen molar-refractivity contribution < 1.29 is 23.8 Å². The van der Waals surface area contributed by atoms with Crippen molar-refractivity contribution in [2.24, 2.45) is 0 Å². The Morgan fingerprint density at radius 1 is 1.28 bits per heavy atom. The molecule has 0 spiro atoms. The number of halogens is 2. The summed E-state index contributed by atoms with van der Waals surface area (Å²) in [5.74, 6) is -0.126. The second-order valence-corrected chi connectivity index (χ2v) is 9.27. The van der Waals surface area contributed by atoms with E-state index in [1.165, 1.54) is 27.7 Å². The van der Waals surface area contributed by atoms with Crippen molar-refractivity contribution in [3.8, 4) is 22.8 Å². The Morgan fingerprint density at radius 2 is 2.03 bits per heavy atom. The van der Waals surface area contributed by atoms with Gasteiger partial charge in [-0.2, -0.15) is 0 Å². The van der Waals surface area contributed by atoms with Crippen molar-refractivity contribution in [1.29, 1.82) is 0 Å². The predicted octanol–water partition coefficient (Wildman–Crippen LogP) is 3.40. The van der Waals surface area contributed by atoms with Crippen molar-refractivity contribution in [3.05, 3.63) is 73.6 Å². The number of amides is 1. The number of carbonyl (C=O) groups is 1. The van der Waals surface area contributed by atoms with Crippen LogP contribution in [-0.4, -0.2) is 65.9 Å². The summed E-state index contributed by atoms with van der Waals surface area (Å²) in [5.41, 5.74) is 2.23. The van der Waals surface area contributed by atoms with Gasteiger partial charge in [-0.3, -0.25) is 14.0 Å². The van der Waals surface area contributed by atoms with E-state index in [9.17, 15) is 19.1 Å². The molecule has 2 heterocycles. The Hall–Kier alpha value is -3.47. The normalized spacial score (nSPS) is 11.8. The molecule has 36 heavy (non-hydrogen) atoms. The molecule has 4 aromatic rings. The summed E-state index contributed by atoms with van der Waals surface area (Å²) in [6, 6.07) is 10.1. The first-order chi connectivity index (χ1) is 17.3. The number of fused-ring (bicyclic) bond motifs is 1. The number of aromatic hydroxyl groups is 1. The van der Waals surface area contributed by atoms with E-state index in [1.807, 2.05) is 0 Å². The van der Waals surface area contributed by atoms with E-state index in [4.69, 9.17) is 21.1 Å². The minimum Gasteiger partial charge on any atom is -0.503 e. The molecule has 2 aromatic heterocycles. The van der Waals surface area contributed by atoms with Crippen molar-refractivity contribution in [1.82, 2.24) is 14.3 Å². The summed E-state index contributed by atoms with van der Waals surface area (Å²) in [6.45, 7) is 0.0801. The zero-order chi connectivity index (χ0) is 25.8. The fourth-order valence-electron chi connectivity index (χ4n) is 3.52. The smallest absolute Gasteiger partial charge is 0.274 e. The van der Waals surface area contributed by atoms with Crippen LogP contribution in [0.4, 0.5) is 4.39 Å². The monoisotopic (exact) mass is 531 g/mol. The number of likely N-dealkylation sites (N-methyl/N-ethyl adjacent to an activating group) is 1. The highest BCUT2D eigenvalue weighted by Gasteiger charge is 2.14. The quantitative estimate of drug-likeness (QED) is 0.333. The van der Waals surface area contributed by atoms with E-state index < -0.39 is 6.67 Å². The van der Waals surface area contributed by atoms with Crippen LogP contribution in [0.25, 0.3) is 22.3 Å². The minimum atomic E-state index is -0.555. The summed E-state index contributed by atoms with van der Waals surface area (Å²) >= 11 is 7.27. The summed E-state index contributed by atoms with van der Waals surface area (Å²) in [7, 11) is 3.08. The SMILES string of the molecule is COc1cc(C=c2sc3nc(-c4ccc(C(=O)N(C)CCOCCF)cc4)cn3c2=O)cc(Cl)c1O. The molecule has 8 nitrogen and oxygen atoms in total. The Balaban J connectivity index is 1.54. The maximum atomic E-state index is 12.9. The largest absolute Gasteiger partial charge is 0.503 e. The number of hydrogen-bond acceptors (Lipinski definition) is 7. The molecule has 0 aliphatic heterocycles. The van der Waals surface area contributed by atoms with Gasteiger partial charge >= 0.3 is 0 Å². The highest BCUT2D eigenvalue weighted by Crippen LogP contribution is 2.35. The number of rotatable bonds is 9. The number of carbonyl (C=O) groups excluding carboxylic acids is 1. The first kappa shape index (κ1) is 25.6. The maximum Gasteiger partial charge on any atom is 0.274 e. The van der Waals surface area contributed by atoms with E-state index in [0.29, 0.717) is 32.9 Å². The molecule has 1 N–H and O–H groups in total. The lowest BCUT2D eigenvalue weighted by molar-refractivity contribution is 0.0676. The number of alkyl halides is 1. The van der Waals surface area contributed by atoms with Gasteiger partial charge in [-0.05, 0) is 35.9 Å². The topological polar surface area (TPSA) is 93.4 Å². The van der Waals surface area contributed by atoms with E-state index in [1.54, 1.807) is 55.7 Å². The van der Waals surface area contributed by atoms with E-state index in [2.05, 4.69) is 4.98 Å². The van der Waals surface area contributed by atoms with E-state index >= 15 is 0 Å². The van der Waals surface area contributed by atoms with Gasteiger partial charge in [-0.25, -0.2) is 9.37 Å². The fraction of sp³-hybridized carbons (Fsp3) is 0.240. The Kier molecular flexibility index (Phi) is 7.88. The Bertz CT molecular complexity index is 1500. The van der Waals surface area contributed by atoms with Crippen molar-refractivity contribution >= 4 is 39.9 Å². The van der Waals surface area contributed by atoms with Crippen LogP contribution in [0.1, 0.15) is 15.9 Å². The predicted molar refractivity (Wildman–Crippen MR) is 137 cm³/mol. The number of thiazole rings is 1. The average molecular weight is 532 g/mol. The third kappa shape index (κ3) is 5.35. The number of hydrogen-bond donors (Lipinski definition) is 1. The van der Waals surface area contributed by atoms with Crippen molar-refractivity contribution in [3.63, 3.8) is 0 Å². The van der Waals surface area contributed by atoms with Crippen LogP contribution in [-0.2, 0) is 4.74 Å². The van der Waals surface area contributed by atoms with Crippen LogP contribution in [0.3, 0.4) is 0 Å². The van der Waals surface area contributed by atoms with Gasteiger partial charge < -0.3 is 19.5 Å². The molecule has 0 aliphatic rings. The molecule has 0 atom stereocenters. The maximum absolute atomic E-state index is 12.9. The first-order valence-corrected chi connectivity index (χ1v) is 12.1. The number of aromatic nitrogens is 2. The standard InChI is InChI=1S/C25H23ClFN3O5S/c1-29(8-10-35-9-7-27)23(32)17-5-3-16(4-6-17)19-14-30-24(33)21(36-25(30)28-19)13-15-11-18(26)22(31)20(12-15)34-2/h3-6,11-14,31H,7-10H2,1-2H3. The average Bonchev–Trinajstić information content (AvgIpc) is 3.42. The zero-order valence-corrected chi connectivity index (χ0v) is 21.1. The molecule has 188 valence electrons. The van der Waals surface area contributed by atoms with Gasteiger partial charge in [0.2, 0.25) is 0 Å². The van der Waals surface area contributed by atoms with Crippen LogP contribution >= 0.6 is 22.9 Å². The van der Waals surface area contributed by atoms with Gasteiger partial charge in [-0.1, -0.05) is 35.1 Å². The van der Waals surface area contributed by atoms with Crippen molar-refractivity contribution in [2.45, 2.75) is 0 Å². The Labute approximate surface area is 214 Å². The number of phenols is 1. The lowest BCUT2D eigenvalue weighted by Crippen LogP contribution is -2.30. The summed E-state index contributed by atoms with van der Waals surface area (Å²) in [4.78, 5) is 32.1. The number of benzene rings is 2. The van der Waals surface area contributed by atoms with Crippen molar-refractivity contribution in [2.75, 3.05) is 40.6 Å². The van der Waals surface area contributed by atoms with Gasteiger partial charge in [0, 0.05) is 30.9 Å². The van der Waals surface area contributed by atoms with Gasteiger partial charge in [-0.15, -0.1) is 0 Å². The first-order valence-electron chi connectivity index (χ1n) is 10.9. The van der Waals surface area contributed by atoms with Crippen LogP contribution in [0.2, 0.25) is 5.02 Å². The van der Waals surface area contributed by atoms with Gasteiger partial charge in [0.25, 0.3) is 11.5 Å². The molecular formula is C25H23ClFN3O5S. The van der Waals surface area contributed by atoms with Gasteiger partial charge in [0.05, 0.1) is 35.6 Å². The molecule has 0 radical (unpaired) electrons. The third-order valence-corrected chi connectivity index (χ3v) is 6.71. The van der Waals surface area contributed by atoms with E-state index in [0.717, 1.165) is 5.56 Å². The molecule has 0 bridgehead atoms. The number of methoxy groups -OCH3 is 1. The van der Waals surface area contributed by atoms with Crippen LogP contribution in [0, 0.1) is 0 Å².